The normalized spacial score (nSPS) is 10.5. The van der Waals surface area contributed by atoms with Crippen LogP contribution in [0.5, 0.6) is 0 Å². The lowest BCUT2D eigenvalue weighted by molar-refractivity contribution is -0.384. The quantitative estimate of drug-likeness (QED) is 0.195. The summed E-state index contributed by atoms with van der Waals surface area (Å²) in [5, 5.41) is 25.0. The van der Waals surface area contributed by atoms with Crippen molar-refractivity contribution in [2.45, 2.75) is 32.0 Å². The summed E-state index contributed by atoms with van der Waals surface area (Å²) in [5.74, 6) is -0.0323. The van der Waals surface area contributed by atoms with Crippen molar-refractivity contribution in [3.05, 3.63) is 82.2 Å². The van der Waals surface area contributed by atoms with E-state index in [4.69, 9.17) is 0 Å². The lowest BCUT2D eigenvalue weighted by Gasteiger charge is -2.09. The molecule has 0 radical (unpaired) electrons. The van der Waals surface area contributed by atoms with E-state index in [0.717, 1.165) is 11.1 Å². The van der Waals surface area contributed by atoms with E-state index in [1.165, 1.54) is 36.0 Å². The van der Waals surface area contributed by atoms with Crippen molar-refractivity contribution in [2.24, 2.45) is 0 Å². The minimum Gasteiger partial charge on any atom is -0.326 e. The highest BCUT2D eigenvalue weighted by Gasteiger charge is 2.17. The maximum atomic E-state index is 12.5. The van der Waals surface area contributed by atoms with Gasteiger partial charge in [-0.25, -0.2) is 0 Å². The highest BCUT2D eigenvalue weighted by atomic mass is 32.2. The van der Waals surface area contributed by atoms with E-state index in [1.807, 2.05) is 32.0 Å². The molecule has 0 saturated carbocycles. The summed E-state index contributed by atoms with van der Waals surface area (Å²) in [6.45, 7) is 8.10. The van der Waals surface area contributed by atoms with Crippen LogP contribution in [0.2, 0.25) is 0 Å². The Kier molecular flexibility index (Phi) is 8.14. The lowest BCUT2D eigenvalue weighted by atomic mass is 10.1. The fraction of sp³-hybridized carbons (Fsp3) is 0.217. The Labute approximate surface area is 200 Å². The van der Waals surface area contributed by atoms with Crippen LogP contribution < -0.4 is 10.6 Å². The summed E-state index contributed by atoms with van der Waals surface area (Å²) >= 11 is 1.17. The number of thioether (sulfide) groups is 1. The Balaban J connectivity index is 1.60. The summed E-state index contributed by atoms with van der Waals surface area (Å²) in [4.78, 5) is 35.1. The van der Waals surface area contributed by atoms with Gasteiger partial charge in [0.25, 0.3) is 5.69 Å². The Hall–Kier alpha value is -3.99. The van der Waals surface area contributed by atoms with Crippen LogP contribution in [0, 0.1) is 24.0 Å². The van der Waals surface area contributed by atoms with Crippen molar-refractivity contribution in [2.75, 3.05) is 16.4 Å². The van der Waals surface area contributed by atoms with Gasteiger partial charge in [-0.2, -0.15) is 0 Å². The van der Waals surface area contributed by atoms with Crippen LogP contribution in [-0.2, 0) is 22.6 Å². The minimum absolute atomic E-state index is 0.0172. The zero-order chi connectivity index (χ0) is 24.7. The smallest absolute Gasteiger partial charge is 0.269 e. The van der Waals surface area contributed by atoms with Gasteiger partial charge in [-0.3, -0.25) is 19.7 Å². The van der Waals surface area contributed by atoms with Crippen LogP contribution in [0.3, 0.4) is 0 Å². The predicted molar refractivity (Wildman–Crippen MR) is 131 cm³/mol. The lowest BCUT2D eigenvalue weighted by Crippen LogP contribution is -2.18. The monoisotopic (exact) mass is 480 g/mol. The van der Waals surface area contributed by atoms with Gasteiger partial charge in [0, 0.05) is 30.1 Å². The third kappa shape index (κ3) is 6.51. The maximum absolute atomic E-state index is 12.5. The Bertz CT molecular complexity index is 1220. The number of carbonyl (C=O) groups is 2. The van der Waals surface area contributed by atoms with Crippen LogP contribution in [0.25, 0.3) is 0 Å². The molecule has 34 heavy (non-hydrogen) atoms. The van der Waals surface area contributed by atoms with Gasteiger partial charge in [0.05, 0.1) is 17.1 Å². The van der Waals surface area contributed by atoms with Gasteiger partial charge in [-0.15, -0.1) is 16.8 Å². The molecule has 0 atom stereocenters. The number of aryl methyl sites for hydroxylation is 2. The van der Waals surface area contributed by atoms with E-state index in [2.05, 4.69) is 27.4 Å². The number of non-ortho nitro benzene ring substituents is 1. The van der Waals surface area contributed by atoms with Crippen molar-refractivity contribution in [1.29, 1.82) is 0 Å². The number of nitro benzene ring substituents is 1. The number of hydrogen-bond donors (Lipinski definition) is 2. The van der Waals surface area contributed by atoms with Crippen molar-refractivity contribution in [3.8, 4) is 0 Å². The van der Waals surface area contributed by atoms with Crippen molar-refractivity contribution >= 4 is 40.6 Å². The Morgan fingerprint density at radius 1 is 1.06 bits per heavy atom. The molecular weight excluding hydrogens is 456 g/mol. The van der Waals surface area contributed by atoms with Crippen LogP contribution in [0.1, 0.15) is 17.0 Å². The molecule has 176 valence electrons. The molecule has 0 aliphatic heterocycles. The molecule has 1 aromatic heterocycles. The summed E-state index contributed by atoms with van der Waals surface area (Å²) in [7, 11) is 0. The van der Waals surface area contributed by atoms with Gasteiger partial charge in [-0.05, 0) is 49.2 Å². The van der Waals surface area contributed by atoms with Gasteiger partial charge < -0.3 is 15.2 Å². The number of aromatic nitrogens is 3. The number of nitro groups is 1. The molecule has 0 aliphatic rings. The molecule has 0 fully saturated rings. The Morgan fingerprint density at radius 3 is 2.38 bits per heavy atom. The fourth-order valence-electron chi connectivity index (χ4n) is 3.03. The summed E-state index contributed by atoms with van der Waals surface area (Å²) in [5.41, 5.74) is 3.33. The second kappa shape index (κ2) is 11.2. The molecule has 0 unspecified atom stereocenters. The number of hydrogen-bond acceptors (Lipinski definition) is 7. The second-order valence-corrected chi connectivity index (χ2v) is 8.41. The summed E-state index contributed by atoms with van der Waals surface area (Å²) in [6.07, 6.45) is 1.68. The van der Waals surface area contributed by atoms with Crippen LogP contribution in [-0.4, -0.2) is 37.3 Å². The first kappa shape index (κ1) is 24.6. The third-order valence-corrected chi connectivity index (χ3v) is 5.88. The summed E-state index contributed by atoms with van der Waals surface area (Å²) < 4.78 is 1.73. The largest absolute Gasteiger partial charge is 0.326 e. The molecule has 11 heteroatoms. The van der Waals surface area contributed by atoms with Gasteiger partial charge in [0.15, 0.2) is 5.16 Å². The number of anilines is 2. The maximum Gasteiger partial charge on any atom is 0.269 e. The number of benzene rings is 2. The highest BCUT2D eigenvalue weighted by Crippen LogP contribution is 2.20. The molecule has 2 aromatic carbocycles. The van der Waals surface area contributed by atoms with E-state index in [9.17, 15) is 19.7 Å². The van der Waals surface area contributed by atoms with Gasteiger partial charge in [-0.1, -0.05) is 23.9 Å². The van der Waals surface area contributed by atoms with Crippen LogP contribution >= 0.6 is 11.8 Å². The van der Waals surface area contributed by atoms with Crippen molar-refractivity contribution in [3.63, 3.8) is 0 Å². The average molecular weight is 481 g/mol. The molecule has 0 bridgehead atoms. The predicted octanol–water partition coefficient (Wildman–Crippen LogP) is 3.90. The molecular formula is C23H24N6O4S. The number of carbonyl (C=O) groups excluding carboxylic acids is 2. The molecule has 10 nitrogen and oxygen atoms in total. The second-order valence-electron chi connectivity index (χ2n) is 7.46. The summed E-state index contributed by atoms with van der Waals surface area (Å²) in [6, 6.07) is 11.3. The molecule has 2 amide bonds. The molecule has 0 saturated heterocycles. The average Bonchev–Trinajstić information content (AvgIpc) is 3.16. The first-order valence-electron chi connectivity index (χ1n) is 10.3. The number of rotatable bonds is 10. The minimum atomic E-state index is -0.506. The SMILES string of the molecule is C=CCn1c(CC(=O)Nc2ccc(C)c(C)c2)nnc1SCC(=O)Nc1ccc([N+](=O)[O-])cc1. The number of amides is 2. The van der Waals surface area contributed by atoms with Gasteiger partial charge >= 0.3 is 0 Å². The van der Waals surface area contributed by atoms with Crippen LogP contribution in [0.4, 0.5) is 17.1 Å². The molecule has 3 aromatic rings. The van der Waals surface area contributed by atoms with E-state index in [0.29, 0.717) is 28.9 Å². The number of nitrogens with one attached hydrogen (secondary N) is 2. The molecule has 3 rings (SSSR count). The van der Waals surface area contributed by atoms with Gasteiger partial charge in [0.2, 0.25) is 11.8 Å². The Morgan fingerprint density at radius 2 is 1.74 bits per heavy atom. The molecule has 0 aliphatic carbocycles. The highest BCUT2D eigenvalue weighted by molar-refractivity contribution is 7.99. The third-order valence-electron chi connectivity index (χ3n) is 4.91. The topological polar surface area (TPSA) is 132 Å². The number of nitrogens with zero attached hydrogens (tertiary/aromatic N) is 4. The van der Waals surface area contributed by atoms with E-state index >= 15 is 0 Å². The van der Waals surface area contributed by atoms with Crippen molar-refractivity contribution in [1.82, 2.24) is 14.8 Å². The number of allylic oxidation sites excluding steroid dienone is 1. The molecule has 0 spiro atoms. The first-order valence-corrected chi connectivity index (χ1v) is 11.3. The van der Waals surface area contributed by atoms with E-state index in [1.54, 1.807) is 10.6 Å². The fourth-order valence-corrected chi connectivity index (χ4v) is 3.80. The molecule has 2 N–H and O–H groups in total. The van der Waals surface area contributed by atoms with Crippen LogP contribution in [0.15, 0.2) is 60.3 Å². The van der Waals surface area contributed by atoms with Gasteiger partial charge in [0.1, 0.15) is 5.82 Å². The first-order chi connectivity index (χ1) is 16.3. The zero-order valence-corrected chi connectivity index (χ0v) is 19.6. The standard InChI is InChI=1S/C23H24N6O4S/c1-4-11-28-20(13-21(30)25-18-6-5-15(2)16(3)12-18)26-27-23(28)34-14-22(31)24-17-7-9-19(10-8-17)29(32)33/h4-10,12H,1,11,13-14H2,2-3H3,(H,24,31)(H,25,30). The molecule has 1 heterocycles. The van der Waals surface area contributed by atoms with Crippen molar-refractivity contribution < 1.29 is 14.5 Å². The van der Waals surface area contributed by atoms with E-state index in [-0.39, 0.29) is 29.7 Å². The van der Waals surface area contributed by atoms with E-state index < -0.39 is 4.92 Å². The zero-order valence-electron chi connectivity index (χ0n) is 18.8.